The van der Waals surface area contributed by atoms with Gasteiger partial charge in [0.1, 0.15) is 0 Å². The van der Waals surface area contributed by atoms with Crippen molar-refractivity contribution < 1.29 is 31.3 Å². The van der Waals surface area contributed by atoms with E-state index in [-0.39, 0.29) is 57.6 Å². The minimum atomic E-state index is -0.0833. The van der Waals surface area contributed by atoms with E-state index in [1.165, 1.54) is 36.1 Å². The Morgan fingerprint density at radius 2 is 0.938 bits per heavy atom. The Morgan fingerprint density at radius 1 is 0.719 bits per heavy atom. The molecule has 0 bridgehead atoms. The summed E-state index contributed by atoms with van der Waals surface area (Å²) in [4.78, 5) is 18.7. The van der Waals surface area contributed by atoms with Crippen LogP contribution in [0.3, 0.4) is 0 Å². The van der Waals surface area contributed by atoms with Crippen molar-refractivity contribution in [3.8, 4) is 0 Å². The van der Waals surface area contributed by atoms with Crippen LogP contribution in [0.25, 0.3) is 0 Å². The fourth-order valence-electron chi connectivity index (χ4n) is 2.03. The maximum Gasteiger partial charge on any atom is 0 e. The van der Waals surface area contributed by atoms with Gasteiger partial charge in [-0.15, -0.1) is 0 Å². The average Bonchev–Trinajstić information content (AvgIpc) is 2.53. The van der Waals surface area contributed by atoms with E-state index in [9.17, 15) is 9.59 Å². The number of aryl methyl sites for hydroxylation is 2. The van der Waals surface area contributed by atoms with E-state index < -0.39 is 0 Å². The maximum absolute atomic E-state index is 9.33. The molecule has 0 aromatic heterocycles. The van der Waals surface area contributed by atoms with Crippen molar-refractivity contribution in [1.29, 1.82) is 0 Å². The number of Topliss-reactive ketones (excluding diaryl/α,β-unsaturated/α-hetero) is 2. The average molecular weight is 490 g/mol. The number of hydrogen-bond donors (Lipinski definition) is 0. The first-order chi connectivity index (χ1) is 13.5. The van der Waals surface area contributed by atoms with Gasteiger partial charge in [0.05, 0.1) is 0 Å². The number of hydrogen-bond acceptors (Lipinski definition) is 3. The predicted octanol–water partition coefficient (Wildman–Crippen LogP) is 6.73. The molecular weight excluding hydrogens is 448 g/mol. The second kappa shape index (κ2) is 18.1. The van der Waals surface area contributed by atoms with Crippen LogP contribution < -0.4 is 0 Å². The Labute approximate surface area is 220 Å². The molecule has 2 aromatic rings. The van der Waals surface area contributed by atoms with Crippen molar-refractivity contribution in [2.75, 3.05) is 0 Å². The first kappa shape index (κ1) is 37.9. The van der Waals surface area contributed by atoms with Gasteiger partial charge in [0, 0.05) is 21.7 Å². The fraction of sp³-hybridized carbons (Fsp3) is 0.429. The smallest absolute Gasteiger partial charge is 0 e. The molecule has 2 aromatic carbocycles. The van der Waals surface area contributed by atoms with Crippen LogP contribution in [-0.4, -0.2) is 11.6 Å². The maximum atomic E-state index is 9.33. The second-order valence-electron chi connectivity index (χ2n) is 9.46. The standard InChI is InChI=1S/2C11H15.2C3H5O.H2S.Ti/c2*1-9-6-5-7-10(8-9)11(2,3)4;2*1-3(2)4;;/h2*5-6,8H,1-4H3;2*1H2,2H3;1H2;/q4*-1;;/p-1. The molecule has 2 nitrogen and oxygen atoms in total. The quantitative estimate of drug-likeness (QED) is 0.178. The molecule has 0 heterocycles. The van der Waals surface area contributed by atoms with Gasteiger partial charge >= 0.3 is 0 Å². The molecule has 4 heteroatoms. The summed E-state index contributed by atoms with van der Waals surface area (Å²) >= 11 is 0. The topological polar surface area (TPSA) is 34.1 Å². The Kier molecular flexibility index (Phi) is 21.4. The zero-order chi connectivity index (χ0) is 24.1. The monoisotopic (exact) mass is 489 g/mol. The molecule has 0 saturated carbocycles. The zero-order valence-corrected chi connectivity index (χ0v) is 24.1. The Morgan fingerprint density at radius 3 is 1.06 bits per heavy atom. The van der Waals surface area contributed by atoms with Crippen LogP contribution >= 0.6 is 0 Å². The summed E-state index contributed by atoms with van der Waals surface area (Å²) < 4.78 is 0. The summed E-state index contributed by atoms with van der Waals surface area (Å²) in [5.41, 5.74) is 5.66. The van der Waals surface area contributed by atoms with Crippen molar-refractivity contribution in [2.24, 2.45) is 0 Å². The van der Waals surface area contributed by atoms with Gasteiger partial charge < -0.3 is 36.9 Å². The van der Waals surface area contributed by atoms with Gasteiger partial charge in [0.25, 0.3) is 0 Å². The summed E-state index contributed by atoms with van der Waals surface area (Å²) in [6, 6.07) is 19.0. The molecule has 0 aliphatic rings. The van der Waals surface area contributed by atoms with Crippen LogP contribution in [0.2, 0.25) is 0 Å². The number of ketones is 2. The third-order valence-electron chi connectivity index (χ3n) is 3.53. The van der Waals surface area contributed by atoms with Gasteiger partial charge in [-0.1, -0.05) is 55.4 Å². The van der Waals surface area contributed by atoms with Gasteiger partial charge in [-0.3, -0.25) is 0 Å². The van der Waals surface area contributed by atoms with Crippen LogP contribution in [0.15, 0.2) is 36.4 Å². The number of thiol groups is 1. The van der Waals surface area contributed by atoms with Crippen LogP contribution in [0.4, 0.5) is 0 Å². The molecule has 32 heavy (non-hydrogen) atoms. The molecule has 180 valence electrons. The minimum Gasteiger partial charge on any atom is -0.813 e. The molecule has 0 N–H and O–H groups in total. The Hall–Kier alpha value is -1.42. The zero-order valence-electron chi connectivity index (χ0n) is 21.6. The number of rotatable bonds is 0. The molecule has 0 saturated heterocycles. The van der Waals surface area contributed by atoms with Crippen molar-refractivity contribution in [1.82, 2.24) is 0 Å². The summed E-state index contributed by atoms with van der Waals surface area (Å²) in [5, 5.41) is 0. The van der Waals surface area contributed by atoms with Crippen molar-refractivity contribution in [3.63, 3.8) is 0 Å². The third-order valence-corrected chi connectivity index (χ3v) is 3.53. The normalized spacial score (nSPS) is 9.56. The first-order valence-electron chi connectivity index (χ1n) is 10.1. The van der Waals surface area contributed by atoms with Gasteiger partial charge in [0.2, 0.25) is 0 Å². The van der Waals surface area contributed by atoms with Crippen LogP contribution in [-0.2, 0) is 55.6 Å². The van der Waals surface area contributed by atoms with Gasteiger partial charge in [-0.25, -0.2) is 0 Å². The van der Waals surface area contributed by atoms with Crippen molar-refractivity contribution >= 4 is 25.1 Å². The largest absolute Gasteiger partial charge is 0.813 e. The minimum absolute atomic E-state index is 0. The fourth-order valence-corrected chi connectivity index (χ4v) is 2.03. The summed E-state index contributed by atoms with van der Waals surface area (Å²) in [6.45, 7) is 26.3. The molecule has 0 radical (unpaired) electrons. The van der Waals surface area contributed by atoms with Crippen LogP contribution in [0, 0.1) is 39.8 Å². The van der Waals surface area contributed by atoms with Gasteiger partial charge in [-0.05, 0) is 36.2 Å². The molecule has 0 atom stereocenters. The number of carbonyl (C=O) groups is 2. The summed E-state index contributed by atoms with van der Waals surface area (Å²) in [6.07, 6.45) is 0. The third kappa shape index (κ3) is 23.3. The SMILES string of the molecule is Cc1cc[c-]c(C(C)(C)C)c1.Cc1cc[c-]c(C(C)(C)C)c1.[CH2-]C(C)=O.[CH2-]C(C)=O.[SH-].[Ti]. The molecule has 0 aliphatic heterocycles. The van der Waals surface area contributed by atoms with Gasteiger partial charge in [-0.2, -0.15) is 70.8 Å². The Bertz CT molecular complexity index is 709. The van der Waals surface area contributed by atoms with Crippen molar-refractivity contribution in [2.45, 2.75) is 80.1 Å². The van der Waals surface area contributed by atoms with E-state index in [2.05, 4.69) is 106 Å². The summed E-state index contributed by atoms with van der Waals surface area (Å²) in [5.74, 6) is -0.167. The predicted molar refractivity (Wildman–Crippen MR) is 138 cm³/mol. The molecule has 0 unspecified atom stereocenters. The molecular formula is C28H41O2STi-5. The van der Waals surface area contributed by atoms with E-state index in [1.54, 1.807) is 0 Å². The molecule has 2 rings (SSSR count). The summed E-state index contributed by atoms with van der Waals surface area (Å²) in [7, 11) is 0. The molecule has 0 amide bonds. The van der Waals surface area contributed by atoms with E-state index >= 15 is 0 Å². The van der Waals surface area contributed by atoms with E-state index in [0.29, 0.717) is 0 Å². The molecule has 0 aliphatic carbocycles. The second-order valence-corrected chi connectivity index (χ2v) is 9.46. The van der Waals surface area contributed by atoms with E-state index in [1.807, 2.05) is 12.1 Å². The van der Waals surface area contributed by atoms with Crippen LogP contribution in [0.1, 0.15) is 77.6 Å². The molecule has 0 spiro atoms. The Balaban J connectivity index is -0.000000177. The van der Waals surface area contributed by atoms with E-state index in [4.69, 9.17) is 0 Å². The first-order valence-corrected chi connectivity index (χ1v) is 10.1. The number of benzene rings is 2. The molecule has 0 fully saturated rings. The van der Waals surface area contributed by atoms with Crippen LogP contribution in [0.5, 0.6) is 0 Å². The number of carbonyl (C=O) groups excluding carboxylic acids is 2. The van der Waals surface area contributed by atoms with E-state index in [0.717, 1.165) is 0 Å². The van der Waals surface area contributed by atoms with Gasteiger partial charge in [0.15, 0.2) is 0 Å². The van der Waals surface area contributed by atoms with Crippen molar-refractivity contribution in [3.05, 3.63) is 84.6 Å².